The van der Waals surface area contributed by atoms with Gasteiger partial charge in [-0.2, -0.15) is 5.10 Å². The van der Waals surface area contributed by atoms with E-state index in [0.717, 1.165) is 25.2 Å². The summed E-state index contributed by atoms with van der Waals surface area (Å²) in [5.41, 5.74) is 3.41. The lowest BCUT2D eigenvalue weighted by atomic mass is 9.99. The molecule has 1 aromatic carbocycles. The van der Waals surface area contributed by atoms with Gasteiger partial charge in [0.05, 0.1) is 0 Å². The number of anilines is 1. The van der Waals surface area contributed by atoms with Crippen LogP contribution in [0.3, 0.4) is 0 Å². The van der Waals surface area contributed by atoms with Crippen LogP contribution in [0, 0.1) is 0 Å². The second kappa shape index (κ2) is 5.46. The first-order valence-corrected chi connectivity index (χ1v) is 6.87. The molecule has 0 radical (unpaired) electrons. The molecule has 0 fully saturated rings. The molecular weight excluding hydrogens is 252 g/mol. The van der Waals surface area contributed by atoms with Crippen LogP contribution in [0.4, 0.5) is 5.69 Å². The molecule has 0 spiro atoms. The van der Waals surface area contributed by atoms with Gasteiger partial charge in [-0.05, 0) is 43.1 Å². The van der Waals surface area contributed by atoms with Crippen molar-refractivity contribution in [3.8, 4) is 0 Å². The monoisotopic (exact) mass is 270 g/mol. The third-order valence-corrected chi connectivity index (χ3v) is 3.70. The lowest BCUT2D eigenvalue weighted by Crippen LogP contribution is -2.28. The van der Waals surface area contributed by atoms with E-state index in [1.54, 1.807) is 17.1 Å². The number of amides is 1. The SMILES string of the molecule is CC(C(=O)Nc1cccc2c1CNCC2)n1cccn1. The third-order valence-electron chi connectivity index (χ3n) is 3.70. The van der Waals surface area contributed by atoms with Crippen molar-refractivity contribution in [1.29, 1.82) is 0 Å². The average molecular weight is 270 g/mol. The van der Waals surface area contributed by atoms with Gasteiger partial charge < -0.3 is 10.6 Å². The second-order valence-corrected chi connectivity index (χ2v) is 5.02. The zero-order chi connectivity index (χ0) is 13.9. The number of carbonyl (C=O) groups is 1. The molecule has 5 heteroatoms. The number of aromatic nitrogens is 2. The predicted molar refractivity (Wildman–Crippen MR) is 77.4 cm³/mol. The standard InChI is InChI=1S/C15H18N4O/c1-11(19-9-3-7-17-19)15(20)18-14-5-2-4-12-6-8-16-10-13(12)14/h2-5,7,9,11,16H,6,8,10H2,1H3,(H,18,20). The van der Waals surface area contributed by atoms with Crippen LogP contribution in [-0.4, -0.2) is 22.2 Å². The molecular formula is C15H18N4O. The van der Waals surface area contributed by atoms with Gasteiger partial charge in [-0.3, -0.25) is 9.48 Å². The molecule has 1 aromatic heterocycles. The van der Waals surface area contributed by atoms with E-state index < -0.39 is 0 Å². The molecule has 1 atom stereocenters. The molecule has 2 N–H and O–H groups in total. The number of nitrogens with zero attached hydrogens (tertiary/aromatic N) is 2. The summed E-state index contributed by atoms with van der Waals surface area (Å²) in [7, 11) is 0. The van der Waals surface area contributed by atoms with Crippen LogP contribution in [0.2, 0.25) is 0 Å². The molecule has 2 heterocycles. The number of rotatable bonds is 3. The summed E-state index contributed by atoms with van der Waals surface area (Å²) in [4.78, 5) is 12.3. The molecule has 1 aliphatic rings. The molecule has 20 heavy (non-hydrogen) atoms. The highest BCUT2D eigenvalue weighted by atomic mass is 16.2. The Balaban J connectivity index is 1.79. The predicted octanol–water partition coefficient (Wildman–Crippen LogP) is 1.73. The normalized spacial score (nSPS) is 15.4. The van der Waals surface area contributed by atoms with Gasteiger partial charge in [0.25, 0.3) is 0 Å². The zero-order valence-corrected chi connectivity index (χ0v) is 11.5. The molecule has 3 rings (SSSR count). The van der Waals surface area contributed by atoms with Crippen LogP contribution in [0.15, 0.2) is 36.7 Å². The molecule has 1 aliphatic heterocycles. The van der Waals surface area contributed by atoms with Gasteiger partial charge >= 0.3 is 0 Å². The number of nitrogens with one attached hydrogen (secondary N) is 2. The van der Waals surface area contributed by atoms with Crippen molar-refractivity contribution in [3.05, 3.63) is 47.8 Å². The van der Waals surface area contributed by atoms with Crippen molar-refractivity contribution in [3.63, 3.8) is 0 Å². The van der Waals surface area contributed by atoms with Crippen molar-refractivity contribution in [2.75, 3.05) is 11.9 Å². The van der Waals surface area contributed by atoms with Crippen molar-refractivity contribution in [2.24, 2.45) is 0 Å². The Labute approximate surface area is 118 Å². The maximum atomic E-state index is 12.3. The van der Waals surface area contributed by atoms with E-state index in [4.69, 9.17) is 0 Å². The van der Waals surface area contributed by atoms with Gasteiger partial charge in [-0.25, -0.2) is 0 Å². The number of benzene rings is 1. The van der Waals surface area contributed by atoms with Gasteiger partial charge in [-0.1, -0.05) is 12.1 Å². The Kier molecular flexibility index (Phi) is 3.52. The van der Waals surface area contributed by atoms with E-state index in [0.29, 0.717) is 0 Å². The topological polar surface area (TPSA) is 59.0 Å². The fourth-order valence-corrected chi connectivity index (χ4v) is 2.50. The van der Waals surface area contributed by atoms with Crippen LogP contribution in [0.25, 0.3) is 0 Å². The minimum absolute atomic E-state index is 0.0485. The maximum absolute atomic E-state index is 12.3. The fourth-order valence-electron chi connectivity index (χ4n) is 2.50. The first-order chi connectivity index (χ1) is 9.75. The van der Waals surface area contributed by atoms with E-state index in [2.05, 4.69) is 21.8 Å². The van der Waals surface area contributed by atoms with Crippen LogP contribution in [0.5, 0.6) is 0 Å². The van der Waals surface area contributed by atoms with Crippen molar-refractivity contribution < 1.29 is 4.79 Å². The number of fused-ring (bicyclic) bond motifs is 1. The van der Waals surface area contributed by atoms with Crippen molar-refractivity contribution in [1.82, 2.24) is 15.1 Å². The van der Waals surface area contributed by atoms with Gasteiger partial charge in [0, 0.05) is 24.6 Å². The van der Waals surface area contributed by atoms with Gasteiger partial charge in [-0.15, -0.1) is 0 Å². The summed E-state index contributed by atoms with van der Waals surface area (Å²) < 4.78 is 1.66. The van der Waals surface area contributed by atoms with Gasteiger partial charge in [0.15, 0.2) is 0 Å². The smallest absolute Gasteiger partial charge is 0.248 e. The minimum Gasteiger partial charge on any atom is -0.324 e. The van der Waals surface area contributed by atoms with E-state index in [-0.39, 0.29) is 11.9 Å². The minimum atomic E-state index is -0.322. The molecule has 1 unspecified atom stereocenters. The highest BCUT2D eigenvalue weighted by Gasteiger charge is 2.18. The lowest BCUT2D eigenvalue weighted by Gasteiger charge is -2.21. The Bertz CT molecular complexity index is 606. The number of hydrogen-bond donors (Lipinski definition) is 2. The summed E-state index contributed by atoms with van der Waals surface area (Å²) in [6.07, 6.45) is 4.48. The molecule has 0 saturated heterocycles. The van der Waals surface area contributed by atoms with Gasteiger partial charge in [0.2, 0.25) is 5.91 Å². The first-order valence-electron chi connectivity index (χ1n) is 6.87. The van der Waals surface area contributed by atoms with E-state index in [1.165, 1.54) is 11.1 Å². The molecule has 104 valence electrons. The van der Waals surface area contributed by atoms with E-state index >= 15 is 0 Å². The first kappa shape index (κ1) is 12.9. The summed E-state index contributed by atoms with van der Waals surface area (Å²) >= 11 is 0. The highest BCUT2D eigenvalue weighted by molar-refractivity contribution is 5.94. The maximum Gasteiger partial charge on any atom is 0.248 e. The largest absolute Gasteiger partial charge is 0.324 e. The molecule has 0 saturated carbocycles. The highest BCUT2D eigenvalue weighted by Crippen LogP contribution is 2.23. The van der Waals surface area contributed by atoms with Crippen molar-refractivity contribution >= 4 is 11.6 Å². The Morgan fingerprint density at radius 2 is 2.35 bits per heavy atom. The Morgan fingerprint density at radius 1 is 1.45 bits per heavy atom. The lowest BCUT2D eigenvalue weighted by molar-refractivity contribution is -0.119. The number of carbonyl (C=O) groups excluding carboxylic acids is 1. The molecule has 0 bridgehead atoms. The fraction of sp³-hybridized carbons (Fsp3) is 0.333. The summed E-state index contributed by atoms with van der Waals surface area (Å²) in [6, 6.07) is 7.58. The average Bonchev–Trinajstić information content (AvgIpc) is 3.01. The van der Waals surface area contributed by atoms with Crippen LogP contribution in [-0.2, 0) is 17.8 Å². The summed E-state index contributed by atoms with van der Waals surface area (Å²) in [5, 5.41) is 10.5. The van der Waals surface area contributed by atoms with E-state index in [9.17, 15) is 4.79 Å². The van der Waals surface area contributed by atoms with Crippen LogP contribution >= 0.6 is 0 Å². The molecule has 5 nitrogen and oxygen atoms in total. The Morgan fingerprint density at radius 3 is 3.15 bits per heavy atom. The van der Waals surface area contributed by atoms with Crippen LogP contribution < -0.4 is 10.6 Å². The van der Waals surface area contributed by atoms with E-state index in [1.807, 2.05) is 25.1 Å². The zero-order valence-electron chi connectivity index (χ0n) is 11.5. The van der Waals surface area contributed by atoms with Crippen LogP contribution in [0.1, 0.15) is 24.1 Å². The van der Waals surface area contributed by atoms with Gasteiger partial charge in [0.1, 0.15) is 6.04 Å². The molecule has 2 aromatic rings. The summed E-state index contributed by atoms with van der Waals surface area (Å²) in [5.74, 6) is -0.0485. The molecule has 1 amide bonds. The Hall–Kier alpha value is -2.14. The second-order valence-electron chi connectivity index (χ2n) is 5.02. The summed E-state index contributed by atoms with van der Waals surface area (Å²) in [6.45, 7) is 3.64. The molecule has 0 aliphatic carbocycles. The number of hydrogen-bond acceptors (Lipinski definition) is 3. The van der Waals surface area contributed by atoms with Crippen molar-refractivity contribution in [2.45, 2.75) is 25.9 Å². The quantitative estimate of drug-likeness (QED) is 0.893. The third kappa shape index (κ3) is 2.44.